The molecule has 32 heavy (non-hydrogen) atoms. The van der Waals surface area contributed by atoms with Gasteiger partial charge in [0.1, 0.15) is 21.0 Å². The second kappa shape index (κ2) is 7.13. The van der Waals surface area contributed by atoms with Crippen LogP contribution in [0.15, 0.2) is 24.4 Å². The van der Waals surface area contributed by atoms with Crippen LogP contribution in [0.2, 0.25) is 0 Å². The number of hydrogen-bond donors (Lipinski definition) is 2. The molecular weight excluding hydrogens is 425 g/mol. The standard InChI is InChI=1S/C24H26FN5OS/c1-13-10-28-20-19(26)21(32-23(20)29-13)22(31)27-7-5-14-2-3-18(17(25)8-14)30-11-16-9-15-4-6-24(15,16)12-30/h2-3,8,10,15-16H,4-7,9,11-12,26H2,1H3,(H,27,31). The molecule has 6 nitrogen and oxygen atoms in total. The first kappa shape index (κ1) is 19.9. The third-order valence-electron chi connectivity index (χ3n) is 7.90. The van der Waals surface area contributed by atoms with Crippen molar-refractivity contribution >= 4 is 39.0 Å². The number of nitrogens with two attached hydrogens (primary N) is 1. The zero-order chi connectivity index (χ0) is 22.0. The predicted molar refractivity (Wildman–Crippen MR) is 124 cm³/mol. The SMILES string of the molecule is Cc1cnc2c(N)c(C(=O)NCCc3ccc(N4CC5CC6CCC65C4)c(F)c3)sc2n1. The minimum absolute atomic E-state index is 0.163. The molecule has 3 aromatic rings. The Labute approximate surface area is 190 Å². The van der Waals surface area contributed by atoms with E-state index in [2.05, 4.69) is 20.2 Å². The number of thiophene rings is 1. The smallest absolute Gasteiger partial charge is 0.263 e. The number of nitrogens with one attached hydrogen (secondary N) is 1. The maximum atomic E-state index is 14.9. The molecule has 1 aromatic carbocycles. The van der Waals surface area contributed by atoms with E-state index >= 15 is 0 Å². The molecule has 1 spiro atoms. The molecule has 3 N–H and O–H groups in total. The molecule has 3 unspecified atom stereocenters. The number of carbonyl (C=O) groups excluding carboxylic acids is 1. The number of nitrogen functional groups attached to an aromatic ring is 1. The zero-order valence-electron chi connectivity index (χ0n) is 18.0. The van der Waals surface area contributed by atoms with Gasteiger partial charge in [0.25, 0.3) is 5.91 Å². The number of hydrogen-bond acceptors (Lipinski definition) is 6. The summed E-state index contributed by atoms with van der Waals surface area (Å²) in [5.41, 5.74) is 9.90. The molecule has 1 amide bonds. The van der Waals surface area contributed by atoms with Crippen LogP contribution >= 0.6 is 11.3 Å². The van der Waals surface area contributed by atoms with Crippen LogP contribution in [0, 0.1) is 30.0 Å². The van der Waals surface area contributed by atoms with E-state index in [1.807, 2.05) is 19.1 Å². The van der Waals surface area contributed by atoms with Crippen molar-refractivity contribution in [3.05, 3.63) is 46.3 Å². The highest BCUT2D eigenvalue weighted by molar-refractivity contribution is 7.21. The van der Waals surface area contributed by atoms with E-state index in [0.29, 0.717) is 39.3 Å². The van der Waals surface area contributed by atoms with Crippen LogP contribution in [0.3, 0.4) is 0 Å². The third-order valence-corrected chi connectivity index (χ3v) is 8.98. The molecule has 1 aliphatic heterocycles. The Bertz CT molecular complexity index is 1240. The minimum Gasteiger partial charge on any atom is -0.396 e. The number of amides is 1. The fourth-order valence-corrected chi connectivity index (χ4v) is 7.01. The molecular formula is C24H26FN5OS. The Hall–Kier alpha value is -2.74. The molecule has 3 aliphatic rings. The average molecular weight is 452 g/mol. The molecule has 8 heteroatoms. The second-order valence-electron chi connectivity index (χ2n) is 9.58. The van der Waals surface area contributed by atoms with Gasteiger partial charge in [-0.3, -0.25) is 4.79 Å². The van der Waals surface area contributed by atoms with E-state index in [-0.39, 0.29) is 11.7 Å². The summed E-state index contributed by atoms with van der Waals surface area (Å²) in [5, 5.41) is 2.89. The lowest BCUT2D eigenvalue weighted by Gasteiger charge is -2.60. The Morgan fingerprint density at radius 3 is 3.00 bits per heavy atom. The molecule has 2 aliphatic carbocycles. The number of halogens is 1. The van der Waals surface area contributed by atoms with Crippen molar-refractivity contribution in [1.82, 2.24) is 15.3 Å². The lowest BCUT2D eigenvalue weighted by molar-refractivity contribution is -0.104. The van der Waals surface area contributed by atoms with Crippen LogP contribution in [0.1, 0.15) is 40.2 Å². The van der Waals surface area contributed by atoms with Gasteiger partial charge in [0, 0.05) is 25.8 Å². The van der Waals surface area contributed by atoms with Gasteiger partial charge >= 0.3 is 0 Å². The molecule has 3 fully saturated rings. The van der Waals surface area contributed by atoms with Gasteiger partial charge in [0.15, 0.2) is 0 Å². The van der Waals surface area contributed by atoms with E-state index < -0.39 is 0 Å². The van der Waals surface area contributed by atoms with Crippen molar-refractivity contribution in [2.24, 2.45) is 17.3 Å². The first-order valence-corrected chi connectivity index (χ1v) is 12.1. The molecule has 166 valence electrons. The van der Waals surface area contributed by atoms with Crippen molar-refractivity contribution in [3.63, 3.8) is 0 Å². The van der Waals surface area contributed by atoms with Gasteiger partial charge in [-0.15, -0.1) is 11.3 Å². The van der Waals surface area contributed by atoms with E-state index in [1.54, 1.807) is 12.3 Å². The van der Waals surface area contributed by atoms with Gasteiger partial charge < -0.3 is 16.0 Å². The molecule has 0 radical (unpaired) electrons. The van der Waals surface area contributed by atoms with Crippen molar-refractivity contribution in [2.45, 2.75) is 32.6 Å². The zero-order valence-corrected chi connectivity index (χ0v) is 18.8. The molecule has 1 saturated heterocycles. The Kier molecular flexibility index (Phi) is 4.44. The topological polar surface area (TPSA) is 84.1 Å². The highest BCUT2D eigenvalue weighted by Crippen LogP contribution is 2.67. The van der Waals surface area contributed by atoms with Gasteiger partial charge in [-0.25, -0.2) is 14.4 Å². The molecule has 2 saturated carbocycles. The van der Waals surface area contributed by atoms with Gasteiger partial charge in [0.2, 0.25) is 0 Å². The van der Waals surface area contributed by atoms with Gasteiger partial charge in [-0.2, -0.15) is 0 Å². The van der Waals surface area contributed by atoms with Crippen LogP contribution < -0.4 is 16.0 Å². The molecule has 3 heterocycles. The number of anilines is 2. The first-order chi connectivity index (χ1) is 15.4. The number of rotatable bonds is 5. The number of aromatic nitrogens is 2. The summed E-state index contributed by atoms with van der Waals surface area (Å²) in [6.07, 6.45) is 6.19. The number of benzene rings is 1. The quantitative estimate of drug-likeness (QED) is 0.614. The number of carbonyl (C=O) groups is 1. The van der Waals surface area contributed by atoms with Crippen LogP contribution in [0.4, 0.5) is 15.8 Å². The summed E-state index contributed by atoms with van der Waals surface area (Å²) in [6.45, 7) is 4.25. The van der Waals surface area contributed by atoms with Crippen molar-refractivity contribution in [1.29, 1.82) is 0 Å². The molecule has 6 rings (SSSR count). The number of nitrogens with zero attached hydrogens (tertiary/aromatic N) is 3. The Balaban J connectivity index is 1.09. The van der Waals surface area contributed by atoms with Crippen molar-refractivity contribution in [3.8, 4) is 0 Å². The Morgan fingerprint density at radius 2 is 2.28 bits per heavy atom. The summed E-state index contributed by atoms with van der Waals surface area (Å²) in [6, 6.07) is 5.50. The van der Waals surface area contributed by atoms with Crippen molar-refractivity contribution in [2.75, 3.05) is 30.3 Å². The maximum Gasteiger partial charge on any atom is 0.263 e. The predicted octanol–water partition coefficient (Wildman–Crippen LogP) is 3.93. The third kappa shape index (κ3) is 2.92. The largest absolute Gasteiger partial charge is 0.396 e. The minimum atomic E-state index is -0.246. The maximum absolute atomic E-state index is 14.9. The highest BCUT2D eigenvalue weighted by Gasteiger charge is 2.64. The van der Waals surface area contributed by atoms with E-state index in [0.717, 1.165) is 41.9 Å². The lowest BCUT2D eigenvalue weighted by Crippen LogP contribution is -2.55. The lowest BCUT2D eigenvalue weighted by atomic mass is 9.43. The monoisotopic (exact) mass is 451 g/mol. The summed E-state index contributed by atoms with van der Waals surface area (Å²) < 4.78 is 14.9. The van der Waals surface area contributed by atoms with Crippen LogP contribution in [0.5, 0.6) is 0 Å². The molecule has 2 aromatic heterocycles. The van der Waals surface area contributed by atoms with Crippen molar-refractivity contribution < 1.29 is 9.18 Å². The van der Waals surface area contributed by atoms with Crippen LogP contribution in [-0.2, 0) is 6.42 Å². The summed E-state index contributed by atoms with van der Waals surface area (Å²) in [7, 11) is 0. The normalized spacial score (nSPS) is 25.8. The van der Waals surface area contributed by atoms with Gasteiger partial charge in [-0.05, 0) is 67.6 Å². The van der Waals surface area contributed by atoms with Crippen LogP contribution in [0.25, 0.3) is 10.3 Å². The Morgan fingerprint density at radius 1 is 1.41 bits per heavy atom. The van der Waals surface area contributed by atoms with Gasteiger partial charge in [-0.1, -0.05) is 6.07 Å². The highest BCUT2D eigenvalue weighted by atomic mass is 32.1. The molecule has 0 bridgehead atoms. The second-order valence-corrected chi connectivity index (χ2v) is 10.6. The fraction of sp³-hybridized carbons (Fsp3) is 0.458. The van der Waals surface area contributed by atoms with Gasteiger partial charge in [0.05, 0.1) is 17.1 Å². The first-order valence-electron chi connectivity index (χ1n) is 11.3. The fourth-order valence-electron chi connectivity index (χ4n) is 5.99. The van der Waals surface area contributed by atoms with E-state index in [4.69, 9.17) is 5.73 Å². The summed E-state index contributed by atoms with van der Waals surface area (Å²) in [4.78, 5) is 24.6. The number of aryl methyl sites for hydroxylation is 1. The summed E-state index contributed by atoms with van der Waals surface area (Å²) >= 11 is 1.24. The summed E-state index contributed by atoms with van der Waals surface area (Å²) in [5.74, 6) is 1.23. The van der Waals surface area contributed by atoms with E-state index in [9.17, 15) is 9.18 Å². The molecule has 3 atom stereocenters. The average Bonchev–Trinajstić information content (AvgIpc) is 3.29. The van der Waals surface area contributed by atoms with E-state index in [1.165, 1.54) is 30.6 Å². The van der Waals surface area contributed by atoms with Crippen LogP contribution in [-0.4, -0.2) is 35.5 Å². The number of fused-ring (bicyclic) bond motifs is 1.